The van der Waals surface area contributed by atoms with E-state index in [-0.39, 0.29) is 23.5 Å². The summed E-state index contributed by atoms with van der Waals surface area (Å²) in [7, 11) is -3.19. The van der Waals surface area contributed by atoms with Crippen LogP contribution < -0.4 is 14.9 Å². The highest BCUT2D eigenvalue weighted by atomic mass is 32.2. The van der Waals surface area contributed by atoms with Crippen LogP contribution in [0.15, 0.2) is 24.3 Å². The van der Waals surface area contributed by atoms with E-state index in [0.717, 1.165) is 56.8 Å². The monoisotopic (exact) mass is 439 g/mol. The van der Waals surface area contributed by atoms with E-state index in [2.05, 4.69) is 30.0 Å². The number of benzene rings is 1. The Kier molecular flexibility index (Phi) is 8.01. The van der Waals surface area contributed by atoms with Gasteiger partial charge in [-0.25, -0.2) is 13.1 Å². The van der Waals surface area contributed by atoms with E-state index < -0.39 is 10.0 Å². The van der Waals surface area contributed by atoms with E-state index in [9.17, 15) is 8.42 Å². The van der Waals surface area contributed by atoms with E-state index in [4.69, 9.17) is 9.57 Å². The van der Waals surface area contributed by atoms with Crippen LogP contribution in [0.1, 0.15) is 53.4 Å². The summed E-state index contributed by atoms with van der Waals surface area (Å²) in [5.41, 5.74) is 1.05. The van der Waals surface area contributed by atoms with Gasteiger partial charge in [0.25, 0.3) is 0 Å². The average Bonchev–Trinajstić information content (AvgIpc) is 2.66. The van der Waals surface area contributed by atoms with Gasteiger partial charge in [-0.15, -0.1) is 5.06 Å². The van der Waals surface area contributed by atoms with Crippen molar-refractivity contribution in [2.75, 3.05) is 25.0 Å². The largest absolute Gasteiger partial charge is 0.406 e. The quantitative estimate of drug-likeness (QED) is 0.646. The molecular formula is C22H37N3O4S. The van der Waals surface area contributed by atoms with Gasteiger partial charge >= 0.3 is 0 Å². The summed E-state index contributed by atoms with van der Waals surface area (Å²) < 4.78 is 32.7. The molecule has 0 unspecified atom stereocenters. The summed E-state index contributed by atoms with van der Waals surface area (Å²) in [5.74, 6) is 1.38. The highest BCUT2D eigenvalue weighted by Gasteiger charge is 2.26. The summed E-state index contributed by atoms with van der Waals surface area (Å²) in [4.78, 5) is 6.06. The minimum absolute atomic E-state index is 0.0729. The Hall–Kier alpha value is -1.35. The molecule has 8 heteroatoms. The Morgan fingerprint density at radius 1 is 1.13 bits per heavy atom. The number of nitrogens with zero attached hydrogens (tertiary/aromatic N) is 1. The molecule has 1 aliphatic heterocycles. The van der Waals surface area contributed by atoms with E-state index >= 15 is 0 Å². The van der Waals surface area contributed by atoms with E-state index in [1.165, 1.54) is 0 Å². The fourth-order valence-electron chi connectivity index (χ4n) is 4.13. The van der Waals surface area contributed by atoms with Crippen molar-refractivity contribution in [3.8, 4) is 5.75 Å². The number of hydrogen-bond donors (Lipinski definition) is 2. The lowest BCUT2D eigenvalue weighted by atomic mass is 9.86. The van der Waals surface area contributed by atoms with Crippen molar-refractivity contribution in [3.63, 3.8) is 0 Å². The molecule has 0 amide bonds. The third-order valence-electron chi connectivity index (χ3n) is 5.85. The van der Waals surface area contributed by atoms with Crippen molar-refractivity contribution in [2.45, 2.75) is 76.9 Å². The van der Waals surface area contributed by atoms with Gasteiger partial charge in [0.05, 0.1) is 30.5 Å². The maximum Gasteiger partial charge on any atom is 0.214 e. The SMILES string of the molecule is CC(C)S(=O)(=O)NC1CCC(CNc2cccc(ON3C[C@@H](C)O[C@@H](C)C3)c2)CC1. The van der Waals surface area contributed by atoms with Gasteiger partial charge in [-0.2, -0.15) is 0 Å². The average molecular weight is 440 g/mol. The molecule has 1 saturated heterocycles. The molecule has 0 radical (unpaired) electrons. The van der Waals surface area contributed by atoms with E-state index in [0.29, 0.717) is 5.92 Å². The number of morpholine rings is 1. The number of rotatable bonds is 8. The molecule has 1 aromatic rings. The molecule has 170 valence electrons. The number of anilines is 1. The first-order chi connectivity index (χ1) is 14.2. The first-order valence-electron chi connectivity index (χ1n) is 11.1. The molecule has 30 heavy (non-hydrogen) atoms. The fraction of sp³-hybridized carbons (Fsp3) is 0.727. The molecule has 2 N–H and O–H groups in total. The van der Waals surface area contributed by atoms with Gasteiger partial charge < -0.3 is 14.9 Å². The second kappa shape index (κ2) is 10.3. The van der Waals surface area contributed by atoms with Crippen LogP contribution in [0.25, 0.3) is 0 Å². The molecule has 1 aromatic carbocycles. The topological polar surface area (TPSA) is 79.9 Å². The van der Waals surface area contributed by atoms with Gasteiger partial charge in [-0.05, 0) is 71.4 Å². The lowest BCUT2D eigenvalue weighted by Gasteiger charge is -2.34. The highest BCUT2D eigenvalue weighted by molar-refractivity contribution is 7.90. The van der Waals surface area contributed by atoms with Crippen molar-refractivity contribution in [1.82, 2.24) is 9.79 Å². The van der Waals surface area contributed by atoms with Crippen LogP contribution in [0.3, 0.4) is 0 Å². The van der Waals surface area contributed by atoms with Crippen molar-refractivity contribution in [1.29, 1.82) is 0 Å². The normalized spacial score (nSPS) is 28.4. The molecule has 2 fully saturated rings. The predicted octanol–water partition coefficient (Wildman–Crippen LogP) is 3.39. The zero-order chi connectivity index (χ0) is 21.7. The second-order valence-electron chi connectivity index (χ2n) is 9.03. The van der Waals surface area contributed by atoms with Gasteiger partial charge in [0.1, 0.15) is 5.75 Å². The Labute approximate surface area is 181 Å². The third kappa shape index (κ3) is 6.83. The lowest BCUT2D eigenvalue weighted by Crippen LogP contribution is -2.46. The molecule has 0 spiro atoms. The third-order valence-corrected chi connectivity index (χ3v) is 7.75. The van der Waals surface area contributed by atoms with Crippen molar-refractivity contribution in [2.24, 2.45) is 5.92 Å². The van der Waals surface area contributed by atoms with Gasteiger partial charge in [-0.3, -0.25) is 0 Å². The number of sulfonamides is 1. The van der Waals surface area contributed by atoms with Gasteiger partial charge in [0, 0.05) is 24.3 Å². The Morgan fingerprint density at radius 2 is 1.80 bits per heavy atom. The predicted molar refractivity (Wildman–Crippen MR) is 120 cm³/mol. The smallest absolute Gasteiger partial charge is 0.214 e. The summed E-state index contributed by atoms with van der Waals surface area (Å²) in [6.07, 6.45) is 4.17. The molecule has 3 rings (SSSR count). The number of ether oxygens (including phenoxy) is 1. The first-order valence-corrected chi connectivity index (χ1v) is 12.7. The number of nitrogens with one attached hydrogen (secondary N) is 2. The molecule has 2 atom stereocenters. The second-order valence-corrected chi connectivity index (χ2v) is 11.3. The minimum Gasteiger partial charge on any atom is -0.406 e. The molecule has 0 bridgehead atoms. The van der Waals surface area contributed by atoms with E-state index in [1.54, 1.807) is 13.8 Å². The van der Waals surface area contributed by atoms with Gasteiger partial charge in [0.2, 0.25) is 10.0 Å². The van der Waals surface area contributed by atoms with Crippen molar-refractivity contribution >= 4 is 15.7 Å². The molecule has 1 heterocycles. The van der Waals surface area contributed by atoms with Crippen molar-refractivity contribution in [3.05, 3.63) is 24.3 Å². The minimum atomic E-state index is -3.19. The van der Waals surface area contributed by atoms with Crippen LogP contribution in [0.2, 0.25) is 0 Å². The summed E-state index contributed by atoms with van der Waals surface area (Å²) in [5, 5.41) is 5.12. The molecule has 2 aliphatic rings. The maximum absolute atomic E-state index is 12.1. The zero-order valence-electron chi connectivity index (χ0n) is 18.6. The van der Waals surface area contributed by atoms with Crippen molar-refractivity contribution < 1.29 is 18.0 Å². The summed E-state index contributed by atoms with van der Waals surface area (Å²) >= 11 is 0. The first kappa shape index (κ1) is 23.3. The van der Waals surface area contributed by atoms with Crippen LogP contribution in [-0.2, 0) is 14.8 Å². The van der Waals surface area contributed by atoms with E-state index in [1.807, 2.05) is 23.3 Å². The van der Waals surface area contributed by atoms with Gasteiger partial charge in [0.15, 0.2) is 0 Å². The highest BCUT2D eigenvalue weighted by Crippen LogP contribution is 2.26. The number of hydroxylamine groups is 2. The molecule has 0 aromatic heterocycles. The van der Waals surface area contributed by atoms with Crippen LogP contribution >= 0.6 is 0 Å². The van der Waals surface area contributed by atoms with Gasteiger partial charge in [-0.1, -0.05) is 6.07 Å². The maximum atomic E-state index is 12.1. The fourth-order valence-corrected chi connectivity index (χ4v) is 5.10. The summed E-state index contributed by atoms with van der Waals surface area (Å²) in [6, 6.07) is 8.14. The Bertz CT molecular complexity index is 768. The van der Waals surface area contributed by atoms with Crippen LogP contribution in [0.5, 0.6) is 5.75 Å². The summed E-state index contributed by atoms with van der Waals surface area (Å²) in [6.45, 7) is 9.96. The standard InChI is InChI=1S/C22H37N3O4S/c1-16(2)30(26,27)24-20-10-8-19(9-11-20)13-23-21-6-5-7-22(12-21)29-25-14-17(3)28-18(4)15-25/h5-7,12,16-20,23-24H,8-11,13-15H2,1-4H3/t17-,18+,19?,20?. The molecule has 1 aliphatic carbocycles. The van der Waals surface area contributed by atoms with Crippen LogP contribution in [0.4, 0.5) is 5.69 Å². The van der Waals surface area contributed by atoms with Crippen LogP contribution in [0, 0.1) is 5.92 Å². The lowest BCUT2D eigenvalue weighted by molar-refractivity contribution is -0.169. The Balaban J connectivity index is 1.44. The molecular weight excluding hydrogens is 402 g/mol. The van der Waals surface area contributed by atoms with Crippen LogP contribution in [-0.4, -0.2) is 56.6 Å². The molecule has 1 saturated carbocycles. The zero-order valence-corrected chi connectivity index (χ0v) is 19.5. The number of hydrogen-bond acceptors (Lipinski definition) is 6. The Morgan fingerprint density at radius 3 is 2.43 bits per heavy atom. The molecule has 7 nitrogen and oxygen atoms in total.